The zero-order valence-electron chi connectivity index (χ0n) is 10.6. The summed E-state index contributed by atoms with van der Waals surface area (Å²) in [7, 11) is -2.81. The van der Waals surface area contributed by atoms with E-state index in [0.29, 0.717) is 12.8 Å². The summed E-state index contributed by atoms with van der Waals surface area (Å²) < 4.78 is 15.8. The van der Waals surface area contributed by atoms with E-state index >= 15 is 0 Å². The van der Waals surface area contributed by atoms with Crippen LogP contribution in [0.25, 0.3) is 0 Å². The van der Waals surface area contributed by atoms with E-state index in [1.165, 1.54) is 6.66 Å². The normalized spacial score (nSPS) is 14.0. The van der Waals surface area contributed by atoms with Gasteiger partial charge in [0, 0.05) is 18.9 Å². The molecule has 0 spiro atoms. The fourth-order valence-corrected chi connectivity index (χ4v) is 2.26. The smallest absolute Gasteiger partial charge is 0.330 e. The highest BCUT2D eigenvalue weighted by molar-refractivity contribution is 7.57. The number of unbranched alkanes of at least 4 members (excludes halogenated alkanes) is 5. The molecule has 0 radical (unpaired) electrons. The van der Waals surface area contributed by atoms with Gasteiger partial charge in [0.05, 0.1) is 6.61 Å². The molecule has 0 aliphatic carbocycles. The molecule has 0 saturated carbocycles. The van der Waals surface area contributed by atoms with Crippen molar-refractivity contribution >= 4 is 13.3 Å². The lowest BCUT2D eigenvalue weighted by molar-refractivity contribution is -0.137. The van der Waals surface area contributed by atoms with Crippen molar-refractivity contribution in [1.82, 2.24) is 0 Å². The van der Waals surface area contributed by atoms with Crippen LogP contribution in [0.3, 0.4) is 0 Å². The van der Waals surface area contributed by atoms with E-state index in [4.69, 9.17) is 9.63 Å². The Kier molecular flexibility index (Phi) is 9.10. The summed E-state index contributed by atoms with van der Waals surface area (Å²) in [4.78, 5) is 19.8. The summed E-state index contributed by atoms with van der Waals surface area (Å²) in [5.41, 5.74) is 0. The molecule has 0 aliphatic heterocycles. The number of carbonyl (C=O) groups is 1. The fourth-order valence-electron chi connectivity index (χ4n) is 1.45. The maximum absolute atomic E-state index is 11.0. The highest BCUT2D eigenvalue weighted by atomic mass is 31.2. The molecule has 5 heteroatoms. The van der Waals surface area contributed by atoms with Crippen LogP contribution < -0.4 is 0 Å². The monoisotopic (exact) mass is 262 g/mol. The molecule has 100 valence electrons. The summed E-state index contributed by atoms with van der Waals surface area (Å²) >= 11 is 0. The number of rotatable bonds is 10. The maximum Gasteiger partial charge on any atom is 0.330 e. The molecule has 0 aromatic rings. The lowest BCUT2D eigenvalue weighted by atomic mass is 10.1. The second-order valence-electron chi connectivity index (χ2n) is 4.27. The zero-order chi connectivity index (χ0) is 13.1. The molecule has 0 aliphatic rings. The predicted molar refractivity (Wildman–Crippen MR) is 69.5 cm³/mol. The van der Waals surface area contributed by atoms with E-state index in [1.54, 1.807) is 0 Å². The van der Waals surface area contributed by atoms with Gasteiger partial charge in [0.15, 0.2) is 7.37 Å². The van der Waals surface area contributed by atoms with Gasteiger partial charge in [-0.2, -0.15) is 0 Å². The lowest BCUT2D eigenvalue weighted by Gasteiger charge is -2.05. The van der Waals surface area contributed by atoms with Crippen molar-refractivity contribution in [2.24, 2.45) is 0 Å². The first kappa shape index (κ1) is 16.4. The summed E-state index contributed by atoms with van der Waals surface area (Å²) in [5, 5.41) is 0. The summed E-state index contributed by atoms with van der Waals surface area (Å²) in [6.45, 7) is 5.17. The van der Waals surface area contributed by atoms with Crippen LogP contribution >= 0.6 is 7.37 Å². The van der Waals surface area contributed by atoms with Gasteiger partial charge in [-0.3, -0.25) is 4.57 Å². The van der Waals surface area contributed by atoms with Crippen molar-refractivity contribution in [2.75, 3.05) is 19.4 Å². The predicted octanol–water partition coefficient (Wildman–Crippen LogP) is 2.96. The number of ether oxygens (including phenoxy) is 1. The molecule has 0 heterocycles. The Labute approximate surface area is 104 Å². The zero-order valence-corrected chi connectivity index (χ0v) is 11.5. The Morgan fingerprint density at radius 1 is 1.24 bits per heavy atom. The summed E-state index contributed by atoms with van der Waals surface area (Å²) in [6, 6.07) is 0. The van der Waals surface area contributed by atoms with Crippen molar-refractivity contribution in [3.63, 3.8) is 0 Å². The Morgan fingerprint density at radius 2 is 1.76 bits per heavy atom. The minimum Gasteiger partial charge on any atom is -0.463 e. The molecule has 1 unspecified atom stereocenters. The van der Waals surface area contributed by atoms with Gasteiger partial charge in [0.25, 0.3) is 0 Å². The minimum absolute atomic E-state index is 0.369. The highest BCUT2D eigenvalue weighted by Crippen LogP contribution is 2.36. The molecule has 4 nitrogen and oxygen atoms in total. The molecule has 17 heavy (non-hydrogen) atoms. The van der Waals surface area contributed by atoms with Crippen LogP contribution in [-0.2, 0) is 14.1 Å². The van der Waals surface area contributed by atoms with Gasteiger partial charge < -0.3 is 9.63 Å². The van der Waals surface area contributed by atoms with E-state index in [0.717, 1.165) is 44.6 Å². The molecule has 0 rings (SSSR count). The van der Waals surface area contributed by atoms with Crippen LogP contribution in [0, 0.1) is 0 Å². The average Bonchev–Trinajstić information content (AvgIpc) is 2.25. The molecule has 1 atom stereocenters. The fraction of sp³-hybridized carbons (Fsp3) is 0.750. The number of carbonyl (C=O) groups excluding carboxylic acids is 1. The van der Waals surface area contributed by atoms with Crippen LogP contribution in [0.5, 0.6) is 0 Å². The molecular weight excluding hydrogens is 239 g/mol. The Balaban J connectivity index is 3.17. The van der Waals surface area contributed by atoms with Crippen molar-refractivity contribution in [1.29, 1.82) is 0 Å². The first-order chi connectivity index (χ1) is 7.95. The van der Waals surface area contributed by atoms with Crippen LogP contribution in [-0.4, -0.2) is 30.3 Å². The van der Waals surface area contributed by atoms with E-state index in [9.17, 15) is 9.36 Å². The van der Waals surface area contributed by atoms with Gasteiger partial charge in [-0.25, -0.2) is 4.79 Å². The SMILES string of the molecule is C=CC(=O)OCCCCCCCCP(C)(=O)O. The molecule has 0 bridgehead atoms. The summed E-state index contributed by atoms with van der Waals surface area (Å²) in [5.74, 6) is -0.369. The Bertz CT molecular complexity index is 270. The molecule has 1 N–H and O–H groups in total. The van der Waals surface area contributed by atoms with Gasteiger partial charge >= 0.3 is 5.97 Å². The van der Waals surface area contributed by atoms with Crippen molar-refractivity contribution in [3.8, 4) is 0 Å². The van der Waals surface area contributed by atoms with Crippen LogP contribution in [0.1, 0.15) is 38.5 Å². The molecule has 0 saturated heterocycles. The maximum atomic E-state index is 11.0. The molecule has 0 amide bonds. The first-order valence-corrected chi connectivity index (χ1v) is 8.33. The standard InChI is InChI=1S/C12H23O4P/c1-3-12(13)16-10-8-6-4-5-7-9-11-17(2,14)15/h3H,1,4-11H2,2H3,(H,14,15). The molecule has 0 aromatic carbocycles. The van der Waals surface area contributed by atoms with E-state index in [1.807, 2.05) is 0 Å². The van der Waals surface area contributed by atoms with E-state index < -0.39 is 7.37 Å². The second-order valence-corrected chi connectivity index (χ2v) is 6.82. The quantitative estimate of drug-likeness (QED) is 0.284. The third-order valence-electron chi connectivity index (χ3n) is 2.38. The van der Waals surface area contributed by atoms with Crippen LogP contribution in [0.4, 0.5) is 0 Å². The number of esters is 1. The van der Waals surface area contributed by atoms with Crippen molar-refractivity contribution in [2.45, 2.75) is 38.5 Å². The van der Waals surface area contributed by atoms with Gasteiger partial charge in [-0.15, -0.1) is 0 Å². The topological polar surface area (TPSA) is 63.6 Å². The van der Waals surface area contributed by atoms with Crippen LogP contribution in [0.15, 0.2) is 12.7 Å². The van der Waals surface area contributed by atoms with E-state index in [2.05, 4.69) is 6.58 Å². The van der Waals surface area contributed by atoms with Gasteiger partial charge in [0.2, 0.25) is 0 Å². The second kappa shape index (κ2) is 9.43. The van der Waals surface area contributed by atoms with Crippen molar-refractivity contribution in [3.05, 3.63) is 12.7 Å². The Hall–Kier alpha value is -0.600. The molecule has 0 aromatic heterocycles. The van der Waals surface area contributed by atoms with Gasteiger partial charge in [-0.1, -0.05) is 32.3 Å². The largest absolute Gasteiger partial charge is 0.463 e. The van der Waals surface area contributed by atoms with Crippen molar-refractivity contribution < 1.29 is 19.0 Å². The summed E-state index contributed by atoms with van der Waals surface area (Å²) in [6.07, 6.45) is 7.42. The first-order valence-electron chi connectivity index (χ1n) is 6.04. The van der Waals surface area contributed by atoms with Crippen LogP contribution in [0.2, 0.25) is 0 Å². The molecule has 0 fully saturated rings. The minimum atomic E-state index is -2.81. The third kappa shape index (κ3) is 13.3. The Morgan fingerprint density at radius 3 is 2.29 bits per heavy atom. The molecular formula is C12H23O4P. The highest BCUT2D eigenvalue weighted by Gasteiger charge is 2.07. The van der Waals surface area contributed by atoms with Gasteiger partial charge in [0.1, 0.15) is 0 Å². The average molecular weight is 262 g/mol. The van der Waals surface area contributed by atoms with E-state index in [-0.39, 0.29) is 5.97 Å². The van der Waals surface area contributed by atoms with Gasteiger partial charge in [-0.05, 0) is 12.8 Å². The number of hydrogen-bond acceptors (Lipinski definition) is 3. The third-order valence-corrected chi connectivity index (χ3v) is 3.52. The lowest BCUT2D eigenvalue weighted by Crippen LogP contribution is -2.01. The number of hydrogen-bond donors (Lipinski definition) is 1.